The highest BCUT2D eigenvalue weighted by atomic mass is 16.5. The van der Waals surface area contributed by atoms with E-state index in [4.69, 9.17) is 4.74 Å². The molecule has 2 aromatic carbocycles. The molecule has 3 aromatic rings. The van der Waals surface area contributed by atoms with Crippen LogP contribution in [0.25, 0.3) is 10.9 Å². The van der Waals surface area contributed by atoms with Crippen LogP contribution in [0.5, 0.6) is 5.75 Å². The van der Waals surface area contributed by atoms with Gasteiger partial charge in [0.15, 0.2) is 0 Å². The van der Waals surface area contributed by atoms with E-state index in [1.165, 1.54) is 38.9 Å². The van der Waals surface area contributed by atoms with Gasteiger partial charge in [-0.3, -0.25) is 0 Å². The molecule has 2 N–H and O–H groups in total. The van der Waals surface area contributed by atoms with E-state index < -0.39 is 0 Å². The van der Waals surface area contributed by atoms with Crippen LogP contribution in [0.1, 0.15) is 40.9 Å². The lowest BCUT2D eigenvalue weighted by Gasteiger charge is -2.26. The molecule has 1 atom stereocenters. The molecule has 3 nitrogen and oxygen atoms in total. The molecule has 1 unspecified atom stereocenters. The summed E-state index contributed by atoms with van der Waals surface area (Å²) in [4.78, 5) is 3.66. The monoisotopic (exact) mass is 320 g/mol. The molecule has 2 heterocycles. The Labute approximate surface area is 143 Å². The van der Waals surface area contributed by atoms with Crippen molar-refractivity contribution in [2.75, 3.05) is 13.2 Å². The number of hydrogen-bond acceptors (Lipinski definition) is 2. The molecule has 1 aromatic heterocycles. The predicted octanol–water partition coefficient (Wildman–Crippen LogP) is 4.42. The number of aryl methyl sites for hydroxylation is 2. The van der Waals surface area contributed by atoms with Crippen LogP contribution in [0.2, 0.25) is 0 Å². The number of hydrogen-bond donors (Lipinski definition) is 2. The minimum Gasteiger partial charge on any atom is -0.494 e. The summed E-state index contributed by atoms with van der Waals surface area (Å²) >= 11 is 0. The summed E-state index contributed by atoms with van der Waals surface area (Å²) in [5.74, 6) is 0.952. The fraction of sp³-hybridized carbons (Fsp3) is 0.333. The first-order valence-electron chi connectivity index (χ1n) is 8.75. The maximum Gasteiger partial charge on any atom is 0.120 e. The Hall–Kier alpha value is -2.26. The number of aromatic nitrogens is 1. The van der Waals surface area contributed by atoms with E-state index in [0.29, 0.717) is 6.61 Å². The second-order valence-corrected chi connectivity index (χ2v) is 6.65. The molecule has 0 bridgehead atoms. The summed E-state index contributed by atoms with van der Waals surface area (Å²) in [5.41, 5.74) is 7.94. The van der Waals surface area contributed by atoms with Crippen LogP contribution in [0, 0.1) is 13.8 Å². The van der Waals surface area contributed by atoms with E-state index in [1.807, 2.05) is 13.0 Å². The molecule has 0 saturated heterocycles. The molecule has 1 aliphatic heterocycles. The fourth-order valence-electron chi connectivity index (χ4n) is 3.88. The highest BCUT2D eigenvalue weighted by Gasteiger charge is 2.26. The standard InChI is InChI=1S/C21H24N2O/c1-4-24-15-6-8-19-18(12-15)17-9-10-22-20(21(17)23-19)16-7-5-13(2)11-14(16)3/h5-8,11-12,20,22-23H,4,9-10H2,1-3H3. The number of nitrogens with one attached hydrogen (secondary N) is 2. The average molecular weight is 320 g/mol. The van der Waals surface area contributed by atoms with Crippen LogP contribution < -0.4 is 10.1 Å². The van der Waals surface area contributed by atoms with Gasteiger partial charge in [-0.1, -0.05) is 23.8 Å². The molecule has 3 heteroatoms. The molecule has 0 spiro atoms. The van der Waals surface area contributed by atoms with Crippen molar-refractivity contribution < 1.29 is 4.74 Å². The van der Waals surface area contributed by atoms with Crippen molar-refractivity contribution in [3.8, 4) is 5.75 Å². The Morgan fingerprint density at radius 2 is 2.00 bits per heavy atom. The minimum atomic E-state index is 0.234. The Morgan fingerprint density at radius 3 is 2.79 bits per heavy atom. The summed E-state index contributed by atoms with van der Waals surface area (Å²) in [5, 5.41) is 4.99. The van der Waals surface area contributed by atoms with Crippen molar-refractivity contribution >= 4 is 10.9 Å². The van der Waals surface area contributed by atoms with Crippen LogP contribution in [-0.2, 0) is 6.42 Å². The minimum absolute atomic E-state index is 0.234. The van der Waals surface area contributed by atoms with Crippen LogP contribution in [0.4, 0.5) is 0 Å². The number of ether oxygens (including phenoxy) is 1. The highest BCUT2D eigenvalue weighted by molar-refractivity contribution is 5.86. The fourth-order valence-corrected chi connectivity index (χ4v) is 3.88. The summed E-state index contributed by atoms with van der Waals surface area (Å²) in [6.45, 7) is 8.07. The van der Waals surface area contributed by atoms with Crippen molar-refractivity contribution in [2.45, 2.75) is 33.2 Å². The Balaban J connectivity index is 1.84. The lowest BCUT2D eigenvalue weighted by Crippen LogP contribution is -2.30. The topological polar surface area (TPSA) is 37.0 Å². The van der Waals surface area contributed by atoms with Crippen LogP contribution in [-0.4, -0.2) is 18.1 Å². The summed E-state index contributed by atoms with van der Waals surface area (Å²) in [6, 6.07) is 13.3. The highest BCUT2D eigenvalue weighted by Crippen LogP contribution is 2.36. The third-order valence-corrected chi connectivity index (χ3v) is 4.97. The first kappa shape index (κ1) is 15.3. The number of benzene rings is 2. The van der Waals surface area contributed by atoms with Crippen LogP contribution >= 0.6 is 0 Å². The van der Waals surface area contributed by atoms with Gasteiger partial charge in [0.1, 0.15) is 5.75 Å². The Kier molecular flexibility index (Phi) is 3.81. The molecule has 24 heavy (non-hydrogen) atoms. The van der Waals surface area contributed by atoms with E-state index in [0.717, 1.165) is 18.7 Å². The predicted molar refractivity (Wildman–Crippen MR) is 98.9 cm³/mol. The average Bonchev–Trinajstić information content (AvgIpc) is 2.94. The molecule has 0 radical (unpaired) electrons. The molecule has 124 valence electrons. The Morgan fingerprint density at radius 1 is 1.12 bits per heavy atom. The zero-order valence-corrected chi connectivity index (χ0v) is 14.6. The second kappa shape index (κ2) is 5.99. The number of rotatable bonds is 3. The van der Waals surface area contributed by atoms with Gasteiger partial charge in [0.05, 0.1) is 12.6 Å². The number of H-pyrrole nitrogens is 1. The zero-order chi connectivity index (χ0) is 16.7. The van der Waals surface area contributed by atoms with Gasteiger partial charge in [-0.2, -0.15) is 0 Å². The van der Waals surface area contributed by atoms with Crippen molar-refractivity contribution in [1.29, 1.82) is 0 Å². The molecule has 0 aliphatic carbocycles. The normalized spacial score (nSPS) is 17.0. The number of fused-ring (bicyclic) bond motifs is 3. The first-order valence-corrected chi connectivity index (χ1v) is 8.75. The van der Waals surface area contributed by atoms with Gasteiger partial charge in [0.2, 0.25) is 0 Å². The van der Waals surface area contributed by atoms with Crippen molar-refractivity contribution in [2.24, 2.45) is 0 Å². The van der Waals surface area contributed by atoms with E-state index in [1.54, 1.807) is 0 Å². The summed E-state index contributed by atoms with van der Waals surface area (Å²) in [6.07, 6.45) is 1.05. The third-order valence-electron chi connectivity index (χ3n) is 4.97. The van der Waals surface area contributed by atoms with Gasteiger partial charge < -0.3 is 15.0 Å². The Bertz CT molecular complexity index is 894. The summed E-state index contributed by atoms with van der Waals surface area (Å²) in [7, 11) is 0. The lowest BCUT2D eigenvalue weighted by molar-refractivity contribution is 0.340. The second-order valence-electron chi connectivity index (χ2n) is 6.65. The lowest BCUT2D eigenvalue weighted by atomic mass is 9.91. The molecule has 4 rings (SSSR count). The van der Waals surface area contributed by atoms with Gasteiger partial charge in [0.25, 0.3) is 0 Å². The maximum atomic E-state index is 5.69. The molecule has 1 aliphatic rings. The smallest absolute Gasteiger partial charge is 0.120 e. The summed E-state index contributed by atoms with van der Waals surface area (Å²) < 4.78 is 5.69. The number of aromatic amines is 1. The van der Waals surface area contributed by atoms with E-state index in [9.17, 15) is 0 Å². The largest absolute Gasteiger partial charge is 0.494 e. The van der Waals surface area contributed by atoms with Gasteiger partial charge in [0, 0.05) is 23.1 Å². The van der Waals surface area contributed by atoms with Crippen molar-refractivity contribution in [1.82, 2.24) is 10.3 Å². The maximum absolute atomic E-state index is 5.69. The molecule has 0 amide bonds. The molecular weight excluding hydrogens is 296 g/mol. The van der Waals surface area contributed by atoms with E-state index in [2.05, 4.69) is 54.5 Å². The molecule has 0 fully saturated rings. The van der Waals surface area contributed by atoms with E-state index in [-0.39, 0.29) is 6.04 Å². The quantitative estimate of drug-likeness (QED) is 0.749. The first-order chi connectivity index (χ1) is 11.7. The third kappa shape index (κ3) is 2.49. The van der Waals surface area contributed by atoms with Gasteiger partial charge in [-0.15, -0.1) is 0 Å². The van der Waals surface area contributed by atoms with E-state index >= 15 is 0 Å². The van der Waals surface area contributed by atoms with Gasteiger partial charge in [-0.05, 0) is 62.1 Å². The van der Waals surface area contributed by atoms with Crippen molar-refractivity contribution in [3.63, 3.8) is 0 Å². The molecule has 0 saturated carbocycles. The zero-order valence-electron chi connectivity index (χ0n) is 14.6. The van der Waals surface area contributed by atoms with Crippen LogP contribution in [0.3, 0.4) is 0 Å². The van der Waals surface area contributed by atoms with Crippen LogP contribution in [0.15, 0.2) is 36.4 Å². The van der Waals surface area contributed by atoms with Crippen molar-refractivity contribution in [3.05, 3.63) is 64.3 Å². The van der Waals surface area contributed by atoms with Gasteiger partial charge in [-0.25, -0.2) is 0 Å². The van der Waals surface area contributed by atoms with Gasteiger partial charge >= 0.3 is 0 Å². The SMILES string of the molecule is CCOc1ccc2[nH]c3c(c2c1)CCNC3c1ccc(C)cc1C. The molecular formula is C21H24N2O.